The van der Waals surface area contributed by atoms with Gasteiger partial charge in [0.05, 0.1) is 6.04 Å². The van der Waals surface area contributed by atoms with Crippen molar-refractivity contribution in [2.45, 2.75) is 37.5 Å². The van der Waals surface area contributed by atoms with Crippen molar-refractivity contribution in [3.8, 4) is 0 Å². The van der Waals surface area contributed by atoms with Crippen LogP contribution in [0, 0.1) is 6.92 Å². The minimum absolute atomic E-state index is 0.0516. The average molecular weight is 341 g/mol. The van der Waals surface area contributed by atoms with Gasteiger partial charge in [-0.15, -0.1) is 0 Å². The fourth-order valence-corrected chi connectivity index (χ4v) is 4.65. The molecule has 0 N–H and O–H groups in total. The summed E-state index contributed by atoms with van der Waals surface area (Å²) in [6, 6.07) is 9.75. The predicted molar refractivity (Wildman–Crippen MR) is 93.2 cm³/mol. The van der Waals surface area contributed by atoms with E-state index in [-0.39, 0.29) is 17.5 Å². The van der Waals surface area contributed by atoms with Gasteiger partial charge in [-0.2, -0.15) is 0 Å². The summed E-state index contributed by atoms with van der Waals surface area (Å²) >= 11 is 1.56. The van der Waals surface area contributed by atoms with E-state index >= 15 is 0 Å². The number of hydrogen-bond acceptors (Lipinski definition) is 4. The predicted octanol–water partition coefficient (Wildman–Crippen LogP) is 2.17. The van der Waals surface area contributed by atoms with Crippen LogP contribution >= 0.6 is 11.8 Å². The summed E-state index contributed by atoms with van der Waals surface area (Å²) in [4.78, 5) is 31.3. The van der Waals surface area contributed by atoms with E-state index < -0.39 is 0 Å². The molecule has 0 saturated carbocycles. The molecule has 2 aliphatic heterocycles. The molecule has 0 fully saturated rings. The molecule has 0 unspecified atom stereocenters. The summed E-state index contributed by atoms with van der Waals surface area (Å²) in [5.74, 6) is 0.859. The van der Waals surface area contributed by atoms with Gasteiger partial charge in [0.25, 0.3) is 5.56 Å². The van der Waals surface area contributed by atoms with Gasteiger partial charge in [-0.3, -0.25) is 14.2 Å². The summed E-state index contributed by atoms with van der Waals surface area (Å²) in [5.41, 5.74) is 3.25. The number of aryl methyl sites for hydroxylation is 1. The van der Waals surface area contributed by atoms with E-state index in [2.05, 4.69) is 17.1 Å². The number of aromatic nitrogens is 2. The maximum absolute atomic E-state index is 12.7. The van der Waals surface area contributed by atoms with Crippen molar-refractivity contribution in [2.75, 3.05) is 12.3 Å². The molecule has 1 aromatic heterocycles. The van der Waals surface area contributed by atoms with Crippen LogP contribution in [0.1, 0.15) is 29.3 Å². The molecule has 5 nitrogen and oxygen atoms in total. The lowest BCUT2D eigenvalue weighted by molar-refractivity contribution is -0.132. The molecule has 3 heterocycles. The van der Waals surface area contributed by atoms with Crippen molar-refractivity contribution in [3.05, 3.63) is 57.5 Å². The molecule has 1 aromatic carbocycles. The van der Waals surface area contributed by atoms with E-state index in [1.807, 2.05) is 24.0 Å². The monoisotopic (exact) mass is 341 g/mol. The molecule has 0 aliphatic carbocycles. The van der Waals surface area contributed by atoms with Gasteiger partial charge in [-0.25, -0.2) is 4.98 Å². The second-order valence-electron chi connectivity index (χ2n) is 6.39. The van der Waals surface area contributed by atoms with Crippen LogP contribution in [0.3, 0.4) is 0 Å². The van der Waals surface area contributed by atoms with Gasteiger partial charge in [0.2, 0.25) is 5.91 Å². The second kappa shape index (κ2) is 6.09. The van der Waals surface area contributed by atoms with E-state index in [0.29, 0.717) is 13.0 Å². The zero-order chi connectivity index (χ0) is 16.7. The Balaban J connectivity index is 1.50. The highest BCUT2D eigenvalue weighted by Gasteiger charge is 2.30. The number of rotatable bonds is 2. The van der Waals surface area contributed by atoms with E-state index in [9.17, 15) is 9.59 Å². The quantitative estimate of drug-likeness (QED) is 0.786. The number of carbonyl (C=O) groups is 1. The van der Waals surface area contributed by atoms with Gasteiger partial charge < -0.3 is 4.90 Å². The second-order valence-corrected chi connectivity index (χ2v) is 7.38. The Bertz CT molecular complexity index is 862. The highest BCUT2D eigenvalue weighted by molar-refractivity contribution is 7.99. The highest BCUT2D eigenvalue weighted by atomic mass is 32.2. The number of hydrogen-bond donors (Lipinski definition) is 0. The van der Waals surface area contributed by atoms with Gasteiger partial charge in [0.15, 0.2) is 5.16 Å². The first-order valence-electron chi connectivity index (χ1n) is 8.19. The Hall–Kier alpha value is -2.08. The van der Waals surface area contributed by atoms with Crippen LogP contribution in [-0.2, 0) is 17.8 Å². The lowest BCUT2D eigenvalue weighted by atomic mass is 9.99. The molecule has 0 radical (unpaired) electrons. The topological polar surface area (TPSA) is 55.2 Å². The third-order valence-corrected chi connectivity index (χ3v) is 5.81. The summed E-state index contributed by atoms with van der Waals surface area (Å²) in [6.07, 6.45) is 1.27. The minimum atomic E-state index is -0.0877. The van der Waals surface area contributed by atoms with Crippen LogP contribution in [0.15, 0.2) is 40.3 Å². The summed E-state index contributed by atoms with van der Waals surface area (Å²) < 4.78 is 1.69. The summed E-state index contributed by atoms with van der Waals surface area (Å²) in [5, 5.41) is 0.738. The van der Waals surface area contributed by atoms with Gasteiger partial charge in [-0.05, 0) is 24.5 Å². The molecule has 2 aliphatic rings. The van der Waals surface area contributed by atoms with E-state index in [0.717, 1.165) is 29.6 Å². The van der Waals surface area contributed by atoms with Gasteiger partial charge in [-0.1, -0.05) is 36.0 Å². The third-order valence-electron chi connectivity index (χ3n) is 4.71. The van der Waals surface area contributed by atoms with Crippen molar-refractivity contribution < 1.29 is 4.79 Å². The minimum Gasteiger partial charge on any atom is -0.338 e. The van der Waals surface area contributed by atoms with E-state index in [4.69, 9.17) is 0 Å². The fraction of sp³-hybridized carbons (Fsp3) is 0.389. The first kappa shape index (κ1) is 15.4. The van der Waals surface area contributed by atoms with Gasteiger partial charge in [0, 0.05) is 37.0 Å². The Labute approximate surface area is 144 Å². The maximum Gasteiger partial charge on any atom is 0.254 e. The standard InChI is InChI=1S/C18H19N3O2S/c1-12-8-17(23)21-15(11-24-18(21)19-12)9-16(22)20-7-6-13-4-2-3-5-14(13)10-20/h2-5,8,15H,6-7,9-11H2,1H3/t15-/m1/s1. The van der Waals surface area contributed by atoms with Crippen LogP contribution in [0.5, 0.6) is 0 Å². The summed E-state index contributed by atoms with van der Waals surface area (Å²) in [7, 11) is 0. The van der Waals surface area contributed by atoms with Crippen molar-refractivity contribution >= 4 is 17.7 Å². The third kappa shape index (κ3) is 2.75. The molecule has 0 bridgehead atoms. The maximum atomic E-state index is 12.7. The van der Waals surface area contributed by atoms with E-state index in [1.54, 1.807) is 22.4 Å². The number of carbonyl (C=O) groups excluding carboxylic acids is 1. The molecular formula is C18H19N3O2S. The lowest BCUT2D eigenvalue weighted by Crippen LogP contribution is -2.38. The smallest absolute Gasteiger partial charge is 0.254 e. The van der Waals surface area contributed by atoms with Crippen LogP contribution in [-0.4, -0.2) is 32.7 Å². The molecule has 0 saturated heterocycles. The zero-order valence-corrected chi connectivity index (χ0v) is 14.4. The van der Waals surface area contributed by atoms with Crippen molar-refractivity contribution in [2.24, 2.45) is 0 Å². The molecule has 124 valence electrons. The summed E-state index contributed by atoms with van der Waals surface area (Å²) in [6.45, 7) is 3.25. The molecule has 2 aromatic rings. The van der Waals surface area contributed by atoms with Crippen LogP contribution in [0.4, 0.5) is 0 Å². The molecule has 6 heteroatoms. The van der Waals surface area contributed by atoms with Gasteiger partial charge >= 0.3 is 0 Å². The lowest BCUT2D eigenvalue weighted by Gasteiger charge is -2.29. The number of benzene rings is 1. The van der Waals surface area contributed by atoms with Crippen molar-refractivity contribution in [1.29, 1.82) is 0 Å². The molecule has 1 amide bonds. The van der Waals surface area contributed by atoms with Crippen molar-refractivity contribution in [1.82, 2.24) is 14.5 Å². The zero-order valence-electron chi connectivity index (χ0n) is 13.6. The first-order valence-corrected chi connectivity index (χ1v) is 9.18. The average Bonchev–Trinajstić information content (AvgIpc) is 2.97. The normalized spacial score (nSPS) is 19.0. The Morgan fingerprint density at radius 2 is 2.12 bits per heavy atom. The largest absolute Gasteiger partial charge is 0.338 e. The van der Waals surface area contributed by atoms with E-state index in [1.165, 1.54) is 11.1 Å². The SMILES string of the molecule is Cc1cc(=O)n2c(n1)SC[C@H]2CC(=O)N1CCc2ccccc2C1. The number of amides is 1. The first-order chi connectivity index (χ1) is 11.6. The molecule has 0 spiro atoms. The number of thioether (sulfide) groups is 1. The Morgan fingerprint density at radius 3 is 2.96 bits per heavy atom. The number of fused-ring (bicyclic) bond motifs is 2. The number of nitrogens with zero attached hydrogens (tertiary/aromatic N) is 3. The van der Waals surface area contributed by atoms with Crippen LogP contribution in [0.2, 0.25) is 0 Å². The van der Waals surface area contributed by atoms with Crippen LogP contribution < -0.4 is 5.56 Å². The Morgan fingerprint density at radius 1 is 1.33 bits per heavy atom. The van der Waals surface area contributed by atoms with Crippen LogP contribution in [0.25, 0.3) is 0 Å². The van der Waals surface area contributed by atoms with Crippen molar-refractivity contribution in [3.63, 3.8) is 0 Å². The van der Waals surface area contributed by atoms with Gasteiger partial charge in [0.1, 0.15) is 0 Å². The molecule has 1 atom stereocenters. The molecule has 24 heavy (non-hydrogen) atoms. The highest BCUT2D eigenvalue weighted by Crippen LogP contribution is 2.32. The molecule has 4 rings (SSSR count). The molecular weight excluding hydrogens is 322 g/mol. The fourth-order valence-electron chi connectivity index (χ4n) is 3.45. The Kier molecular flexibility index (Phi) is 3.92.